The number of ether oxygens (including phenoxy) is 2. The van der Waals surface area contributed by atoms with Crippen LogP contribution < -0.4 is 9.47 Å². The van der Waals surface area contributed by atoms with Crippen LogP contribution in [0, 0.1) is 10.1 Å². The van der Waals surface area contributed by atoms with Gasteiger partial charge in [-0.2, -0.15) is 0 Å². The second-order valence-corrected chi connectivity index (χ2v) is 3.90. The molecule has 2 rings (SSSR count). The van der Waals surface area contributed by atoms with Gasteiger partial charge >= 0.3 is 0 Å². The van der Waals surface area contributed by atoms with Gasteiger partial charge in [-0.25, -0.2) is 4.98 Å². The lowest BCUT2D eigenvalue weighted by molar-refractivity contribution is -0.384. The van der Waals surface area contributed by atoms with Gasteiger partial charge in [-0.3, -0.25) is 10.1 Å². The van der Waals surface area contributed by atoms with E-state index >= 15 is 0 Å². The fraction of sp³-hybridized carbons (Fsp3) is 0.0833. The summed E-state index contributed by atoms with van der Waals surface area (Å²) in [5.41, 5.74) is -0.0723. The fourth-order valence-corrected chi connectivity index (χ4v) is 1.59. The lowest BCUT2D eigenvalue weighted by Crippen LogP contribution is -1.93. The molecule has 0 aliphatic carbocycles. The Balaban J connectivity index is 2.32. The number of nitro benzene ring substituents is 1. The Morgan fingerprint density at radius 3 is 2.68 bits per heavy atom. The topological polar surface area (TPSA) is 74.5 Å². The normalized spacial score (nSPS) is 10.0. The van der Waals surface area contributed by atoms with Crippen molar-refractivity contribution in [2.45, 2.75) is 0 Å². The van der Waals surface area contributed by atoms with E-state index in [-0.39, 0.29) is 11.4 Å². The summed E-state index contributed by atoms with van der Waals surface area (Å²) in [6, 6.07) is 7.24. The second kappa shape index (κ2) is 5.53. The van der Waals surface area contributed by atoms with Gasteiger partial charge in [-0.05, 0) is 12.1 Å². The summed E-state index contributed by atoms with van der Waals surface area (Å²) in [7, 11) is 1.41. The lowest BCUT2D eigenvalue weighted by atomic mass is 10.3. The Labute approximate surface area is 113 Å². The number of rotatable bonds is 4. The average Bonchev–Trinajstić information content (AvgIpc) is 2.39. The van der Waals surface area contributed by atoms with Gasteiger partial charge in [0.2, 0.25) is 0 Å². The van der Waals surface area contributed by atoms with Crippen LogP contribution in [-0.4, -0.2) is 17.0 Å². The van der Waals surface area contributed by atoms with Crippen molar-refractivity contribution in [1.29, 1.82) is 0 Å². The molecule has 0 saturated carbocycles. The zero-order valence-corrected chi connectivity index (χ0v) is 10.6. The first-order chi connectivity index (χ1) is 9.10. The van der Waals surface area contributed by atoms with E-state index in [1.165, 1.54) is 37.6 Å². The van der Waals surface area contributed by atoms with Crippen LogP contribution in [0.3, 0.4) is 0 Å². The molecule has 0 fully saturated rings. The number of pyridine rings is 1. The molecular weight excluding hydrogens is 272 g/mol. The van der Waals surface area contributed by atoms with Crippen molar-refractivity contribution in [2.24, 2.45) is 0 Å². The van der Waals surface area contributed by atoms with Crippen LogP contribution in [0.15, 0.2) is 36.5 Å². The molecule has 19 heavy (non-hydrogen) atoms. The molecule has 1 heterocycles. The summed E-state index contributed by atoms with van der Waals surface area (Å²) >= 11 is 5.74. The van der Waals surface area contributed by atoms with Gasteiger partial charge in [0.25, 0.3) is 5.69 Å². The largest absolute Gasteiger partial charge is 0.493 e. The third kappa shape index (κ3) is 3.11. The second-order valence-electron chi connectivity index (χ2n) is 3.51. The molecular formula is C12H9ClN2O4. The maximum Gasteiger partial charge on any atom is 0.273 e. The van der Waals surface area contributed by atoms with E-state index in [4.69, 9.17) is 21.1 Å². The summed E-state index contributed by atoms with van der Waals surface area (Å²) in [6.45, 7) is 0. The first-order valence-electron chi connectivity index (χ1n) is 5.22. The highest BCUT2D eigenvalue weighted by atomic mass is 35.5. The molecule has 2 aromatic rings. The highest BCUT2D eigenvalue weighted by Crippen LogP contribution is 2.34. The molecule has 0 unspecified atom stereocenters. The number of hydrogen-bond donors (Lipinski definition) is 0. The summed E-state index contributed by atoms with van der Waals surface area (Å²) < 4.78 is 10.6. The zero-order valence-electron chi connectivity index (χ0n) is 9.87. The third-order valence-corrected chi connectivity index (χ3v) is 2.49. The fourth-order valence-electron chi connectivity index (χ4n) is 1.43. The number of hydrogen-bond acceptors (Lipinski definition) is 5. The number of nitro groups is 1. The van der Waals surface area contributed by atoms with Gasteiger partial charge < -0.3 is 9.47 Å². The summed E-state index contributed by atoms with van der Waals surface area (Å²) in [5.74, 6) is 1.09. The Morgan fingerprint density at radius 1 is 1.26 bits per heavy atom. The van der Waals surface area contributed by atoms with E-state index in [1.807, 2.05) is 0 Å². The smallest absolute Gasteiger partial charge is 0.273 e. The predicted molar refractivity (Wildman–Crippen MR) is 69.0 cm³/mol. The molecule has 98 valence electrons. The molecule has 0 radical (unpaired) electrons. The molecule has 0 N–H and O–H groups in total. The van der Waals surface area contributed by atoms with Crippen molar-refractivity contribution in [3.05, 3.63) is 51.8 Å². The predicted octanol–water partition coefficient (Wildman–Crippen LogP) is 3.44. The zero-order chi connectivity index (χ0) is 13.8. The molecule has 0 atom stereocenters. The molecule has 1 aromatic carbocycles. The Bertz CT molecular complexity index is 618. The lowest BCUT2D eigenvalue weighted by Gasteiger charge is -2.09. The van der Waals surface area contributed by atoms with Crippen LogP contribution in [0.1, 0.15) is 0 Å². The number of non-ortho nitro benzene ring substituents is 1. The van der Waals surface area contributed by atoms with E-state index in [1.54, 1.807) is 6.07 Å². The number of benzene rings is 1. The monoisotopic (exact) mass is 280 g/mol. The minimum Gasteiger partial charge on any atom is -0.493 e. The van der Waals surface area contributed by atoms with Crippen molar-refractivity contribution in [3.63, 3.8) is 0 Å². The summed E-state index contributed by atoms with van der Waals surface area (Å²) in [6.07, 6.45) is 1.50. The van der Waals surface area contributed by atoms with Crippen LogP contribution in [0.5, 0.6) is 17.2 Å². The highest BCUT2D eigenvalue weighted by Gasteiger charge is 2.13. The van der Waals surface area contributed by atoms with Crippen molar-refractivity contribution < 1.29 is 14.4 Å². The van der Waals surface area contributed by atoms with E-state index < -0.39 is 4.92 Å². The van der Waals surface area contributed by atoms with Crippen LogP contribution in [-0.2, 0) is 0 Å². The van der Waals surface area contributed by atoms with E-state index in [9.17, 15) is 10.1 Å². The maximum atomic E-state index is 10.7. The summed E-state index contributed by atoms with van der Waals surface area (Å²) in [4.78, 5) is 14.0. The van der Waals surface area contributed by atoms with Crippen LogP contribution in [0.4, 0.5) is 5.69 Å². The molecule has 7 heteroatoms. The molecule has 0 amide bonds. The van der Waals surface area contributed by atoms with E-state index in [2.05, 4.69) is 4.98 Å². The average molecular weight is 281 g/mol. The summed E-state index contributed by atoms with van der Waals surface area (Å²) in [5, 5.41) is 11.0. The molecule has 0 spiro atoms. The van der Waals surface area contributed by atoms with Crippen molar-refractivity contribution in [2.75, 3.05) is 7.11 Å². The number of methoxy groups -OCH3 is 1. The Hall–Kier alpha value is -2.34. The van der Waals surface area contributed by atoms with Gasteiger partial charge in [0.1, 0.15) is 10.9 Å². The van der Waals surface area contributed by atoms with Gasteiger partial charge in [0.05, 0.1) is 18.1 Å². The van der Waals surface area contributed by atoms with Gasteiger partial charge in [-0.15, -0.1) is 0 Å². The first-order valence-corrected chi connectivity index (χ1v) is 5.60. The van der Waals surface area contributed by atoms with Crippen LogP contribution in [0.2, 0.25) is 5.15 Å². The minimum atomic E-state index is -0.504. The molecule has 1 aromatic heterocycles. The van der Waals surface area contributed by atoms with Gasteiger partial charge in [-0.1, -0.05) is 11.6 Å². The number of halogens is 1. The number of nitrogens with zero attached hydrogens (tertiary/aromatic N) is 2. The standard InChI is InChI=1S/C12H9ClN2O4/c1-18-11-6-8(15(16)17)2-3-10(11)19-9-4-5-14-12(13)7-9/h2-7H,1H3. The first kappa shape index (κ1) is 13.1. The third-order valence-electron chi connectivity index (χ3n) is 2.28. The quantitative estimate of drug-likeness (QED) is 0.487. The highest BCUT2D eigenvalue weighted by molar-refractivity contribution is 6.29. The SMILES string of the molecule is COc1cc([N+](=O)[O-])ccc1Oc1ccnc(Cl)c1. The Kier molecular flexibility index (Phi) is 3.82. The van der Waals surface area contributed by atoms with E-state index in [0.29, 0.717) is 16.7 Å². The molecule has 0 bridgehead atoms. The number of aromatic nitrogens is 1. The van der Waals surface area contributed by atoms with Crippen molar-refractivity contribution in [1.82, 2.24) is 4.98 Å². The molecule has 0 saturated heterocycles. The molecule has 6 nitrogen and oxygen atoms in total. The van der Waals surface area contributed by atoms with Gasteiger partial charge in [0.15, 0.2) is 11.5 Å². The minimum absolute atomic E-state index is 0.0723. The van der Waals surface area contributed by atoms with Crippen molar-refractivity contribution in [3.8, 4) is 17.2 Å². The Morgan fingerprint density at radius 2 is 2.05 bits per heavy atom. The molecule has 0 aliphatic rings. The van der Waals surface area contributed by atoms with Crippen LogP contribution in [0.25, 0.3) is 0 Å². The maximum absolute atomic E-state index is 10.7. The van der Waals surface area contributed by atoms with Crippen molar-refractivity contribution >= 4 is 17.3 Å². The molecule has 0 aliphatic heterocycles. The van der Waals surface area contributed by atoms with E-state index in [0.717, 1.165) is 0 Å². The van der Waals surface area contributed by atoms with Crippen LogP contribution >= 0.6 is 11.6 Å². The van der Waals surface area contributed by atoms with Gasteiger partial charge in [0, 0.05) is 18.3 Å².